The molecule has 1 aromatic carbocycles. The molecule has 0 aliphatic carbocycles. The summed E-state index contributed by atoms with van der Waals surface area (Å²) in [5.74, 6) is 0.958. The van der Waals surface area contributed by atoms with E-state index in [1.54, 1.807) is 0 Å². The van der Waals surface area contributed by atoms with Crippen molar-refractivity contribution in [3.63, 3.8) is 0 Å². The summed E-state index contributed by atoms with van der Waals surface area (Å²) in [6, 6.07) is 3.45. The number of hydrogen-bond acceptors (Lipinski definition) is 6. The van der Waals surface area contributed by atoms with Gasteiger partial charge in [-0.15, -0.1) is 0 Å². The molecule has 0 spiro atoms. The zero-order chi connectivity index (χ0) is 13.5. The second kappa shape index (κ2) is 6.20. The zero-order valence-corrected chi connectivity index (χ0v) is 10.2. The molecule has 0 radical (unpaired) electrons. The number of nitriles is 1. The Morgan fingerprint density at radius 1 is 1.22 bits per heavy atom. The van der Waals surface area contributed by atoms with E-state index in [1.165, 1.54) is 27.4 Å². The lowest BCUT2D eigenvalue weighted by molar-refractivity contribution is -0.109. The first-order valence-electron chi connectivity index (χ1n) is 4.91. The lowest BCUT2D eigenvalue weighted by Crippen LogP contribution is -2.20. The van der Waals surface area contributed by atoms with Gasteiger partial charge >= 0.3 is 0 Å². The maximum Gasteiger partial charge on any atom is 0.225 e. The maximum atomic E-state index is 10.3. The molecule has 0 atom stereocenters. The van der Waals surface area contributed by atoms with Crippen LogP contribution < -0.4 is 25.1 Å². The largest absolute Gasteiger partial charge is 0.493 e. The molecule has 0 saturated carbocycles. The Labute approximate surface area is 104 Å². The molecule has 0 heterocycles. The predicted molar refractivity (Wildman–Crippen MR) is 63.6 cm³/mol. The molecule has 0 aliphatic heterocycles. The van der Waals surface area contributed by atoms with E-state index < -0.39 is 0 Å². The standard InChI is InChI=1S/C11H13N3O4/c1-16-8-4-7(5-12)9(14-13-6-15)11(18-3)10(8)17-2/h4,6,14H,1-3H3,(H,13,15). The van der Waals surface area contributed by atoms with Crippen LogP contribution >= 0.6 is 0 Å². The molecule has 1 amide bonds. The fourth-order valence-corrected chi connectivity index (χ4v) is 1.47. The van der Waals surface area contributed by atoms with Crippen LogP contribution in [0.5, 0.6) is 17.2 Å². The molecule has 2 N–H and O–H groups in total. The molecule has 96 valence electrons. The molecule has 7 heteroatoms. The van der Waals surface area contributed by atoms with Gasteiger partial charge in [0, 0.05) is 6.07 Å². The number of hydrogen-bond donors (Lipinski definition) is 2. The van der Waals surface area contributed by atoms with Crippen molar-refractivity contribution in [3.8, 4) is 23.3 Å². The molecule has 0 bridgehead atoms. The number of nitrogens with one attached hydrogen (secondary N) is 2. The SMILES string of the molecule is COc1cc(C#N)c(NNC=O)c(OC)c1OC. The van der Waals surface area contributed by atoms with Gasteiger partial charge in [0.2, 0.25) is 12.2 Å². The van der Waals surface area contributed by atoms with Gasteiger partial charge in [-0.2, -0.15) is 5.26 Å². The van der Waals surface area contributed by atoms with Crippen LogP contribution in [0.1, 0.15) is 5.56 Å². The van der Waals surface area contributed by atoms with Crippen molar-refractivity contribution in [3.05, 3.63) is 11.6 Å². The Morgan fingerprint density at radius 3 is 2.33 bits per heavy atom. The van der Waals surface area contributed by atoms with Crippen molar-refractivity contribution in [1.82, 2.24) is 5.43 Å². The molecule has 1 rings (SSSR count). The van der Waals surface area contributed by atoms with E-state index in [0.29, 0.717) is 23.6 Å². The third-order valence-electron chi connectivity index (χ3n) is 2.21. The van der Waals surface area contributed by atoms with Crippen LogP contribution in [-0.4, -0.2) is 27.7 Å². The van der Waals surface area contributed by atoms with Gasteiger partial charge < -0.3 is 14.2 Å². The normalized spacial score (nSPS) is 9.00. The third-order valence-corrected chi connectivity index (χ3v) is 2.21. The van der Waals surface area contributed by atoms with E-state index >= 15 is 0 Å². The highest BCUT2D eigenvalue weighted by molar-refractivity contribution is 5.75. The molecule has 0 aliphatic rings. The summed E-state index contributed by atoms with van der Waals surface area (Å²) >= 11 is 0. The van der Waals surface area contributed by atoms with Crippen LogP contribution in [0.15, 0.2) is 6.07 Å². The first kappa shape index (κ1) is 13.4. The van der Waals surface area contributed by atoms with Gasteiger partial charge in [0.1, 0.15) is 11.8 Å². The summed E-state index contributed by atoms with van der Waals surface area (Å²) < 4.78 is 15.4. The van der Waals surface area contributed by atoms with Crippen LogP contribution in [0.3, 0.4) is 0 Å². The minimum atomic E-state index is 0.249. The molecule has 0 unspecified atom stereocenters. The molecule has 18 heavy (non-hydrogen) atoms. The maximum absolute atomic E-state index is 10.3. The topological polar surface area (TPSA) is 92.6 Å². The minimum absolute atomic E-state index is 0.249. The number of rotatable bonds is 6. The molecule has 0 fully saturated rings. The average Bonchev–Trinajstić information content (AvgIpc) is 2.42. The summed E-state index contributed by atoms with van der Waals surface area (Å²) in [4.78, 5) is 10.3. The number of anilines is 1. The number of amides is 1. The molecule has 0 aromatic heterocycles. The van der Waals surface area contributed by atoms with Gasteiger partial charge in [-0.3, -0.25) is 15.6 Å². The Kier molecular flexibility index (Phi) is 4.63. The van der Waals surface area contributed by atoms with Gasteiger partial charge in [-0.05, 0) is 0 Å². The fourth-order valence-electron chi connectivity index (χ4n) is 1.47. The van der Waals surface area contributed by atoms with Crippen molar-refractivity contribution in [2.24, 2.45) is 0 Å². The molecule has 0 saturated heterocycles. The monoisotopic (exact) mass is 251 g/mol. The van der Waals surface area contributed by atoms with Crippen molar-refractivity contribution < 1.29 is 19.0 Å². The number of hydrazine groups is 1. The number of ether oxygens (including phenoxy) is 3. The van der Waals surface area contributed by atoms with Gasteiger partial charge in [0.25, 0.3) is 0 Å². The Morgan fingerprint density at radius 2 is 1.89 bits per heavy atom. The Hall–Kier alpha value is -2.62. The minimum Gasteiger partial charge on any atom is -0.493 e. The Bertz CT molecular complexity index is 482. The van der Waals surface area contributed by atoms with Crippen LogP contribution in [0.25, 0.3) is 0 Å². The quantitative estimate of drug-likeness (QED) is 0.570. The lowest BCUT2D eigenvalue weighted by Gasteiger charge is -2.17. The van der Waals surface area contributed by atoms with E-state index in [-0.39, 0.29) is 11.3 Å². The van der Waals surface area contributed by atoms with E-state index in [1.807, 2.05) is 6.07 Å². The highest BCUT2D eigenvalue weighted by Crippen LogP contribution is 2.44. The highest BCUT2D eigenvalue weighted by atomic mass is 16.5. The summed E-state index contributed by atoms with van der Waals surface area (Å²) in [7, 11) is 4.32. The van der Waals surface area contributed by atoms with E-state index in [9.17, 15) is 4.79 Å². The summed E-state index contributed by atoms with van der Waals surface area (Å²) in [5.41, 5.74) is 5.35. The second-order valence-electron chi connectivity index (χ2n) is 3.07. The van der Waals surface area contributed by atoms with Gasteiger partial charge in [0.15, 0.2) is 11.5 Å². The molecule has 1 aromatic rings. The zero-order valence-electron chi connectivity index (χ0n) is 10.2. The van der Waals surface area contributed by atoms with E-state index in [4.69, 9.17) is 19.5 Å². The van der Waals surface area contributed by atoms with Gasteiger partial charge in [0.05, 0.1) is 26.9 Å². The van der Waals surface area contributed by atoms with Crippen LogP contribution in [0, 0.1) is 11.3 Å². The number of methoxy groups -OCH3 is 3. The summed E-state index contributed by atoms with van der Waals surface area (Å²) in [6.45, 7) is 0. The van der Waals surface area contributed by atoms with Crippen LogP contribution in [0.2, 0.25) is 0 Å². The van der Waals surface area contributed by atoms with Gasteiger partial charge in [-0.25, -0.2) is 0 Å². The Balaban J connectivity index is 3.45. The van der Waals surface area contributed by atoms with Crippen LogP contribution in [-0.2, 0) is 4.79 Å². The van der Waals surface area contributed by atoms with Crippen molar-refractivity contribution in [2.45, 2.75) is 0 Å². The molecule has 7 nitrogen and oxygen atoms in total. The lowest BCUT2D eigenvalue weighted by atomic mass is 10.1. The predicted octanol–water partition coefficient (Wildman–Crippen LogP) is 0.657. The summed E-state index contributed by atoms with van der Waals surface area (Å²) in [5, 5.41) is 9.06. The van der Waals surface area contributed by atoms with Crippen LogP contribution in [0.4, 0.5) is 5.69 Å². The first-order chi connectivity index (χ1) is 8.73. The smallest absolute Gasteiger partial charge is 0.225 e. The average molecular weight is 251 g/mol. The number of benzene rings is 1. The third kappa shape index (κ3) is 2.38. The number of carbonyl (C=O) groups excluding carboxylic acids is 1. The van der Waals surface area contributed by atoms with E-state index in [2.05, 4.69) is 10.9 Å². The van der Waals surface area contributed by atoms with Crippen molar-refractivity contribution >= 4 is 12.1 Å². The highest BCUT2D eigenvalue weighted by Gasteiger charge is 2.20. The fraction of sp³-hybridized carbons (Fsp3) is 0.273. The second-order valence-corrected chi connectivity index (χ2v) is 3.07. The number of carbonyl (C=O) groups is 1. The molecular formula is C11H13N3O4. The van der Waals surface area contributed by atoms with E-state index in [0.717, 1.165) is 0 Å². The van der Waals surface area contributed by atoms with Crippen molar-refractivity contribution in [2.75, 3.05) is 26.8 Å². The van der Waals surface area contributed by atoms with Crippen molar-refractivity contribution in [1.29, 1.82) is 5.26 Å². The summed E-state index contributed by atoms with van der Waals surface area (Å²) in [6.07, 6.45) is 0.442. The molecular weight excluding hydrogens is 238 g/mol. The first-order valence-corrected chi connectivity index (χ1v) is 4.91. The van der Waals surface area contributed by atoms with Gasteiger partial charge in [-0.1, -0.05) is 0 Å². The number of nitrogens with zero attached hydrogens (tertiary/aromatic N) is 1.